The van der Waals surface area contributed by atoms with Gasteiger partial charge in [0.25, 0.3) is 5.91 Å². The first kappa shape index (κ1) is 23.4. The van der Waals surface area contributed by atoms with E-state index in [9.17, 15) is 4.79 Å². The summed E-state index contributed by atoms with van der Waals surface area (Å²) in [5.74, 6) is 1.03. The lowest BCUT2D eigenvalue weighted by molar-refractivity contribution is 0.102. The number of fused-ring (bicyclic) bond motifs is 1. The van der Waals surface area contributed by atoms with Crippen molar-refractivity contribution < 1.29 is 14.3 Å². The van der Waals surface area contributed by atoms with Crippen LogP contribution in [-0.4, -0.2) is 44.7 Å². The number of ether oxygens (including phenoxy) is 2. The molecule has 0 atom stereocenters. The van der Waals surface area contributed by atoms with Crippen molar-refractivity contribution in [3.63, 3.8) is 0 Å². The molecule has 3 heterocycles. The molecule has 3 aromatic heterocycles. The van der Waals surface area contributed by atoms with Crippen LogP contribution in [0.5, 0.6) is 11.5 Å². The van der Waals surface area contributed by atoms with Gasteiger partial charge in [0, 0.05) is 47.8 Å². The number of aromatic nitrogens is 5. The molecule has 0 bridgehead atoms. The molecule has 2 aromatic carbocycles. The van der Waals surface area contributed by atoms with Gasteiger partial charge in [0.2, 0.25) is 0 Å². The largest absolute Gasteiger partial charge is 0.497 e. The molecule has 0 radical (unpaired) electrons. The van der Waals surface area contributed by atoms with Gasteiger partial charge in [0.1, 0.15) is 22.7 Å². The lowest BCUT2D eigenvalue weighted by atomic mass is 10.1. The molecule has 1 N–H and O–H groups in total. The number of hydrogen-bond acceptors (Lipinski definition) is 6. The smallest absolute Gasteiger partial charge is 0.259 e. The van der Waals surface area contributed by atoms with Gasteiger partial charge in [-0.2, -0.15) is 10.2 Å². The van der Waals surface area contributed by atoms with Gasteiger partial charge in [-0.15, -0.1) is 0 Å². The SMILES string of the molecule is COc1ccc(Cn2cc3cncc(C(=O)Nc4cn(C)nc4-c4cc(Cl)ccc4OC)c3n2)cc1. The summed E-state index contributed by atoms with van der Waals surface area (Å²) in [6.07, 6.45) is 6.80. The molecule has 182 valence electrons. The van der Waals surface area contributed by atoms with E-state index in [0.717, 1.165) is 16.7 Å². The molecule has 5 aromatic rings. The average molecular weight is 503 g/mol. The van der Waals surface area contributed by atoms with E-state index in [0.29, 0.717) is 45.3 Å². The number of benzene rings is 2. The fourth-order valence-corrected chi connectivity index (χ4v) is 4.16. The number of aryl methyl sites for hydroxylation is 1. The van der Waals surface area contributed by atoms with Crippen LogP contribution in [0.15, 0.2) is 67.3 Å². The van der Waals surface area contributed by atoms with E-state index in [-0.39, 0.29) is 5.91 Å². The van der Waals surface area contributed by atoms with E-state index in [1.54, 1.807) is 61.2 Å². The van der Waals surface area contributed by atoms with Gasteiger partial charge in [0.05, 0.1) is 32.0 Å². The van der Waals surface area contributed by atoms with Crippen molar-refractivity contribution in [2.75, 3.05) is 19.5 Å². The van der Waals surface area contributed by atoms with Gasteiger partial charge < -0.3 is 14.8 Å². The van der Waals surface area contributed by atoms with E-state index < -0.39 is 0 Å². The Labute approximate surface area is 212 Å². The lowest BCUT2D eigenvalue weighted by Gasteiger charge is -2.10. The van der Waals surface area contributed by atoms with Crippen molar-refractivity contribution in [1.29, 1.82) is 0 Å². The van der Waals surface area contributed by atoms with Crippen LogP contribution in [0.4, 0.5) is 5.69 Å². The van der Waals surface area contributed by atoms with Crippen molar-refractivity contribution in [3.05, 3.63) is 83.4 Å². The quantitative estimate of drug-likeness (QED) is 0.343. The highest BCUT2D eigenvalue weighted by molar-refractivity contribution is 6.31. The molecule has 1 amide bonds. The van der Waals surface area contributed by atoms with Gasteiger partial charge in [-0.25, -0.2) is 0 Å². The average Bonchev–Trinajstić information content (AvgIpc) is 3.46. The Morgan fingerprint density at radius 1 is 1.03 bits per heavy atom. The Morgan fingerprint density at radius 2 is 1.83 bits per heavy atom. The molecule has 9 nitrogen and oxygen atoms in total. The summed E-state index contributed by atoms with van der Waals surface area (Å²) >= 11 is 6.22. The summed E-state index contributed by atoms with van der Waals surface area (Å²) in [5.41, 5.74) is 3.68. The minimum absolute atomic E-state index is 0.349. The van der Waals surface area contributed by atoms with Crippen LogP contribution in [0.1, 0.15) is 15.9 Å². The number of nitrogens with one attached hydrogen (secondary N) is 1. The summed E-state index contributed by atoms with van der Waals surface area (Å²) in [6.45, 7) is 0.543. The molecule has 0 spiro atoms. The molecular formula is C26H23ClN6O3. The van der Waals surface area contributed by atoms with Crippen molar-refractivity contribution >= 4 is 34.1 Å². The maximum absolute atomic E-state index is 13.4. The van der Waals surface area contributed by atoms with Crippen molar-refractivity contribution in [1.82, 2.24) is 24.5 Å². The molecule has 5 rings (SSSR count). The lowest BCUT2D eigenvalue weighted by Crippen LogP contribution is -2.13. The molecule has 36 heavy (non-hydrogen) atoms. The standard InChI is InChI=1S/C26H23ClN6O3/c1-32-15-22(25(30-32)20-10-18(27)6-9-23(20)36-3)29-26(34)21-12-28-11-17-14-33(31-24(17)21)13-16-4-7-19(35-2)8-5-16/h4-12,14-15H,13H2,1-3H3,(H,29,34). The van der Waals surface area contributed by atoms with E-state index in [4.69, 9.17) is 21.1 Å². The highest BCUT2D eigenvalue weighted by Crippen LogP contribution is 2.36. The van der Waals surface area contributed by atoms with Gasteiger partial charge >= 0.3 is 0 Å². The molecule has 0 aliphatic heterocycles. The van der Waals surface area contributed by atoms with Crippen molar-refractivity contribution in [2.24, 2.45) is 7.05 Å². The fourth-order valence-electron chi connectivity index (χ4n) is 3.99. The Kier molecular flexibility index (Phi) is 6.30. The molecule has 10 heteroatoms. The number of halogens is 1. The molecule has 0 saturated carbocycles. The Morgan fingerprint density at radius 3 is 2.58 bits per heavy atom. The summed E-state index contributed by atoms with van der Waals surface area (Å²) in [5, 5.41) is 13.4. The molecular weight excluding hydrogens is 480 g/mol. The van der Waals surface area contributed by atoms with Gasteiger partial charge in [-0.05, 0) is 35.9 Å². The van der Waals surface area contributed by atoms with E-state index in [2.05, 4.69) is 20.5 Å². The summed E-state index contributed by atoms with van der Waals surface area (Å²) in [7, 11) is 4.98. The maximum Gasteiger partial charge on any atom is 0.259 e. The second-order valence-corrected chi connectivity index (χ2v) is 8.60. The molecule has 0 saturated heterocycles. The Bertz CT molecular complexity index is 1560. The number of carbonyl (C=O) groups is 1. The van der Waals surface area contributed by atoms with Crippen LogP contribution >= 0.6 is 11.6 Å². The van der Waals surface area contributed by atoms with Crippen LogP contribution in [-0.2, 0) is 13.6 Å². The van der Waals surface area contributed by atoms with Crippen molar-refractivity contribution in [2.45, 2.75) is 6.54 Å². The normalized spacial score (nSPS) is 11.0. The molecule has 0 unspecified atom stereocenters. The number of nitrogens with zero attached hydrogens (tertiary/aromatic N) is 5. The predicted octanol–water partition coefficient (Wildman–Crippen LogP) is 4.80. The van der Waals surface area contributed by atoms with E-state index in [1.165, 1.54) is 6.20 Å². The third-order valence-electron chi connectivity index (χ3n) is 5.70. The van der Waals surface area contributed by atoms with Crippen LogP contribution in [0.2, 0.25) is 5.02 Å². The van der Waals surface area contributed by atoms with Crippen molar-refractivity contribution in [3.8, 4) is 22.8 Å². The van der Waals surface area contributed by atoms with Gasteiger partial charge in [-0.1, -0.05) is 23.7 Å². The second kappa shape index (κ2) is 9.71. The number of carbonyl (C=O) groups excluding carboxylic acids is 1. The summed E-state index contributed by atoms with van der Waals surface area (Å²) < 4.78 is 14.1. The summed E-state index contributed by atoms with van der Waals surface area (Å²) in [6, 6.07) is 13.0. The minimum Gasteiger partial charge on any atom is -0.497 e. The predicted molar refractivity (Wildman–Crippen MR) is 138 cm³/mol. The van der Waals surface area contributed by atoms with Crippen LogP contribution in [0.3, 0.4) is 0 Å². The monoisotopic (exact) mass is 502 g/mol. The molecule has 0 aliphatic rings. The first-order valence-electron chi connectivity index (χ1n) is 11.1. The first-order valence-corrected chi connectivity index (χ1v) is 11.5. The third kappa shape index (κ3) is 4.60. The number of anilines is 1. The van der Waals surface area contributed by atoms with Crippen LogP contribution in [0, 0.1) is 0 Å². The number of rotatable bonds is 7. The Balaban J connectivity index is 1.45. The number of methoxy groups -OCH3 is 2. The zero-order chi connectivity index (χ0) is 25.2. The zero-order valence-electron chi connectivity index (χ0n) is 19.9. The van der Waals surface area contributed by atoms with E-state index in [1.807, 2.05) is 30.5 Å². The third-order valence-corrected chi connectivity index (χ3v) is 5.94. The molecule has 0 fully saturated rings. The number of amides is 1. The first-order chi connectivity index (χ1) is 17.4. The fraction of sp³-hybridized carbons (Fsp3) is 0.154. The topological polar surface area (TPSA) is 96.1 Å². The summed E-state index contributed by atoms with van der Waals surface area (Å²) in [4.78, 5) is 17.6. The highest BCUT2D eigenvalue weighted by Gasteiger charge is 2.20. The Hall–Kier alpha value is -4.37. The highest BCUT2D eigenvalue weighted by atomic mass is 35.5. The van der Waals surface area contributed by atoms with Gasteiger partial charge in [-0.3, -0.25) is 19.1 Å². The maximum atomic E-state index is 13.4. The van der Waals surface area contributed by atoms with Crippen LogP contribution in [0.25, 0.3) is 22.2 Å². The van der Waals surface area contributed by atoms with Gasteiger partial charge in [0.15, 0.2) is 0 Å². The number of hydrogen-bond donors (Lipinski definition) is 1. The minimum atomic E-state index is -0.349. The number of pyridine rings is 1. The van der Waals surface area contributed by atoms with Crippen LogP contribution < -0.4 is 14.8 Å². The molecule has 0 aliphatic carbocycles. The van der Waals surface area contributed by atoms with E-state index >= 15 is 0 Å². The second-order valence-electron chi connectivity index (χ2n) is 8.16. The zero-order valence-corrected chi connectivity index (χ0v) is 20.7.